The van der Waals surface area contributed by atoms with Gasteiger partial charge in [-0.25, -0.2) is 4.68 Å². The second-order valence-electron chi connectivity index (χ2n) is 7.72. The number of hydrazine groups is 1. The topological polar surface area (TPSA) is 102 Å². The zero-order chi connectivity index (χ0) is 21.0. The van der Waals surface area contributed by atoms with E-state index >= 15 is 0 Å². The summed E-state index contributed by atoms with van der Waals surface area (Å²) in [5, 5.41) is 11.0. The zero-order valence-electron chi connectivity index (χ0n) is 16.8. The lowest BCUT2D eigenvalue weighted by atomic mass is 9.68. The number of carbonyl (C=O) groups is 2. The highest BCUT2D eigenvalue weighted by Gasteiger charge is 2.41. The van der Waals surface area contributed by atoms with Crippen molar-refractivity contribution in [3.8, 4) is 5.69 Å². The van der Waals surface area contributed by atoms with Gasteiger partial charge < -0.3 is 0 Å². The predicted molar refractivity (Wildman–Crippen MR) is 111 cm³/mol. The average Bonchev–Trinajstić information content (AvgIpc) is 3.33. The molecular weight excluding hydrogens is 380 g/mol. The maximum Gasteiger partial charge on any atom is 0.269 e. The highest BCUT2D eigenvalue weighted by atomic mass is 16.2. The molecule has 0 atom stereocenters. The van der Waals surface area contributed by atoms with Crippen molar-refractivity contribution in [3.63, 3.8) is 0 Å². The van der Waals surface area contributed by atoms with E-state index in [9.17, 15) is 9.59 Å². The summed E-state index contributed by atoms with van der Waals surface area (Å²) in [5.41, 5.74) is 7.94. The summed E-state index contributed by atoms with van der Waals surface area (Å²) in [6.07, 6.45) is 6.14. The van der Waals surface area contributed by atoms with E-state index in [4.69, 9.17) is 0 Å². The van der Waals surface area contributed by atoms with Gasteiger partial charge in [0, 0.05) is 5.56 Å². The van der Waals surface area contributed by atoms with Crippen molar-refractivity contribution in [1.29, 1.82) is 0 Å². The van der Waals surface area contributed by atoms with E-state index in [1.54, 1.807) is 24.3 Å². The van der Waals surface area contributed by atoms with Crippen LogP contribution in [0.3, 0.4) is 0 Å². The van der Waals surface area contributed by atoms with E-state index in [0.717, 1.165) is 48.9 Å². The third-order valence-electron chi connectivity index (χ3n) is 5.75. The number of hydrogen-bond acceptors (Lipinski definition) is 5. The van der Waals surface area contributed by atoms with Gasteiger partial charge in [-0.3, -0.25) is 20.4 Å². The molecule has 0 unspecified atom stereocenters. The molecule has 2 amide bonds. The van der Waals surface area contributed by atoms with Crippen LogP contribution in [0.2, 0.25) is 0 Å². The van der Waals surface area contributed by atoms with E-state index in [1.807, 2.05) is 25.1 Å². The lowest BCUT2D eigenvalue weighted by molar-refractivity contribution is -0.128. The van der Waals surface area contributed by atoms with Gasteiger partial charge in [0.15, 0.2) is 0 Å². The van der Waals surface area contributed by atoms with Gasteiger partial charge in [0.2, 0.25) is 5.91 Å². The number of aromatic nitrogens is 4. The van der Waals surface area contributed by atoms with Crippen LogP contribution < -0.4 is 10.9 Å². The molecule has 0 bridgehead atoms. The molecule has 1 aromatic heterocycles. The second-order valence-corrected chi connectivity index (χ2v) is 7.72. The molecule has 1 heterocycles. The number of tetrazole rings is 1. The number of rotatable bonds is 4. The van der Waals surface area contributed by atoms with E-state index in [1.165, 1.54) is 11.0 Å². The Balaban J connectivity index is 1.46. The first-order valence-corrected chi connectivity index (χ1v) is 10.1. The number of benzene rings is 2. The summed E-state index contributed by atoms with van der Waals surface area (Å²) in [6, 6.07) is 14.9. The molecule has 8 nitrogen and oxygen atoms in total. The zero-order valence-corrected chi connectivity index (χ0v) is 16.8. The van der Waals surface area contributed by atoms with Gasteiger partial charge in [-0.1, -0.05) is 49.1 Å². The molecule has 3 aromatic rings. The Morgan fingerprint density at radius 2 is 1.77 bits per heavy atom. The van der Waals surface area contributed by atoms with E-state index < -0.39 is 5.41 Å². The van der Waals surface area contributed by atoms with Crippen LogP contribution in [0.5, 0.6) is 0 Å². The molecule has 0 saturated heterocycles. The van der Waals surface area contributed by atoms with Crippen LogP contribution in [0.15, 0.2) is 54.9 Å². The Morgan fingerprint density at radius 1 is 1.00 bits per heavy atom. The highest BCUT2D eigenvalue weighted by molar-refractivity contribution is 5.97. The van der Waals surface area contributed by atoms with Gasteiger partial charge in [-0.15, -0.1) is 5.10 Å². The van der Waals surface area contributed by atoms with Crippen LogP contribution in [0.25, 0.3) is 5.69 Å². The predicted octanol–water partition coefficient (Wildman–Crippen LogP) is 2.63. The molecule has 0 spiro atoms. The van der Waals surface area contributed by atoms with E-state index in [-0.39, 0.29) is 11.8 Å². The minimum Gasteiger partial charge on any atom is -0.272 e. The molecule has 1 aliphatic carbocycles. The monoisotopic (exact) mass is 404 g/mol. The van der Waals surface area contributed by atoms with Gasteiger partial charge in [-0.2, -0.15) is 0 Å². The number of carbonyl (C=O) groups excluding carboxylic acids is 2. The number of hydrogen-bond donors (Lipinski definition) is 2. The van der Waals surface area contributed by atoms with Crippen molar-refractivity contribution in [3.05, 3.63) is 71.5 Å². The Kier molecular flexibility index (Phi) is 5.56. The number of nitrogens with one attached hydrogen (secondary N) is 2. The minimum atomic E-state index is -0.610. The van der Waals surface area contributed by atoms with E-state index in [2.05, 4.69) is 32.4 Å². The second kappa shape index (κ2) is 8.44. The molecule has 0 aliphatic heterocycles. The molecule has 1 aliphatic rings. The van der Waals surface area contributed by atoms with Crippen LogP contribution in [-0.4, -0.2) is 32.0 Å². The Labute approximate surface area is 174 Å². The Bertz CT molecular complexity index is 1020. The average molecular weight is 404 g/mol. The molecule has 8 heteroatoms. The summed E-state index contributed by atoms with van der Waals surface area (Å²) in [4.78, 5) is 25.8. The molecule has 2 N–H and O–H groups in total. The van der Waals surface area contributed by atoms with Gasteiger partial charge in [0.05, 0.1) is 11.1 Å². The molecule has 2 aromatic carbocycles. The normalized spacial score (nSPS) is 15.4. The van der Waals surface area contributed by atoms with Crippen molar-refractivity contribution < 1.29 is 9.59 Å². The summed E-state index contributed by atoms with van der Waals surface area (Å²) in [6.45, 7) is 2.03. The minimum absolute atomic E-state index is 0.161. The van der Waals surface area contributed by atoms with Crippen LogP contribution in [0, 0.1) is 6.92 Å². The molecule has 154 valence electrons. The summed E-state index contributed by atoms with van der Waals surface area (Å²) in [5.74, 6) is -0.534. The fourth-order valence-electron chi connectivity index (χ4n) is 4.10. The third kappa shape index (κ3) is 3.94. The van der Waals surface area contributed by atoms with Gasteiger partial charge in [0.1, 0.15) is 6.33 Å². The quantitative estimate of drug-likeness (QED) is 0.651. The maximum atomic E-state index is 13.2. The summed E-state index contributed by atoms with van der Waals surface area (Å²) < 4.78 is 1.50. The van der Waals surface area contributed by atoms with Gasteiger partial charge >= 0.3 is 0 Å². The number of aryl methyl sites for hydroxylation is 1. The Hall–Kier alpha value is -3.55. The Morgan fingerprint density at radius 3 is 2.43 bits per heavy atom. The van der Waals surface area contributed by atoms with Crippen molar-refractivity contribution in [2.75, 3.05) is 0 Å². The van der Waals surface area contributed by atoms with Gasteiger partial charge in [0.25, 0.3) is 5.91 Å². The number of amides is 2. The van der Waals surface area contributed by atoms with Crippen molar-refractivity contribution in [2.45, 2.75) is 44.4 Å². The van der Waals surface area contributed by atoms with Crippen LogP contribution in [-0.2, 0) is 10.2 Å². The maximum absolute atomic E-state index is 13.2. The highest BCUT2D eigenvalue weighted by Crippen LogP contribution is 2.39. The van der Waals surface area contributed by atoms with Crippen molar-refractivity contribution in [1.82, 2.24) is 31.1 Å². The standard InChI is InChI=1S/C22H24N6O2/c1-16-6-5-7-18(14-16)22(12-3-2-4-13-22)21(30)25-24-20(29)17-8-10-19(11-9-17)28-15-23-26-27-28/h5-11,14-15H,2-4,12-13H2,1H3,(H,24,29)(H,25,30). The molecular formula is C22H24N6O2. The number of nitrogens with zero attached hydrogens (tertiary/aromatic N) is 4. The molecule has 4 rings (SSSR count). The van der Waals surface area contributed by atoms with Crippen LogP contribution >= 0.6 is 0 Å². The lowest BCUT2D eigenvalue weighted by Gasteiger charge is -2.36. The fraction of sp³-hybridized carbons (Fsp3) is 0.318. The molecule has 1 saturated carbocycles. The van der Waals surface area contributed by atoms with Gasteiger partial charge in [-0.05, 0) is 60.0 Å². The smallest absolute Gasteiger partial charge is 0.269 e. The van der Waals surface area contributed by atoms with E-state index in [0.29, 0.717) is 5.56 Å². The molecule has 1 fully saturated rings. The SMILES string of the molecule is Cc1cccc(C2(C(=O)NNC(=O)c3ccc(-n4cnnn4)cc3)CCCCC2)c1. The fourth-order valence-corrected chi connectivity index (χ4v) is 4.10. The van der Waals surface area contributed by atoms with Crippen LogP contribution in [0.1, 0.15) is 53.6 Å². The van der Waals surface area contributed by atoms with Crippen molar-refractivity contribution >= 4 is 11.8 Å². The first-order valence-electron chi connectivity index (χ1n) is 10.1. The summed E-state index contributed by atoms with van der Waals surface area (Å²) >= 11 is 0. The first kappa shape index (κ1) is 19.8. The largest absolute Gasteiger partial charge is 0.272 e. The van der Waals surface area contributed by atoms with Crippen molar-refractivity contribution in [2.24, 2.45) is 0 Å². The van der Waals surface area contributed by atoms with Crippen LogP contribution in [0.4, 0.5) is 0 Å². The third-order valence-corrected chi connectivity index (χ3v) is 5.75. The molecule has 0 radical (unpaired) electrons. The lowest BCUT2D eigenvalue weighted by Crippen LogP contribution is -2.52. The first-order chi connectivity index (χ1) is 14.6. The summed E-state index contributed by atoms with van der Waals surface area (Å²) in [7, 11) is 0. The molecule has 30 heavy (non-hydrogen) atoms.